The summed E-state index contributed by atoms with van der Waals surface area (Å²) in [5.74, 6) is 2.66. The van der Waals surface area contributed by atoms with Crippen LogP contribution in [0.5, 0.6) is 0 Å². The van der Waals surface area contributed by atoms with Crippen LogP contribution in [0.15, 0.2) is 0 Å². The van der Waals surface area contributed by atoms with Crippen LogP contribution in [-0.4, -0.2) is 31.6 Å². The van der Waals surface area contributed by atoms with Crippen LogP contribution in [0.25, 0.3) is 0 Å². The number of Topliss-reactive ketones (excluding diaryl/α,β-unsaturated/α-hetero) is 1. The first-order valence-corrected chi connectivity index (χ1v) is 4.60. The molecule has 0 aromatic heterocycles. The van der Waals surface area contributed by atoms with Crippen molar-refractivity contribution in [3.8, 4) is 12.3 Å². The number of rotatable bonds is 4. The topological polar surface area (TPSA) is 38.3 Å². The van der Waals surface area contributed by atoms with E-state index < -0.39 is 0 Å². The van der Waals surface area contributed by atoms with Crippen LogP contribution in [0.1, 0.15) is 19.3 Å². The van der Waals surface area contributed by atoms with Gasteiger partial charge >= 0.3 is 0 Å². The van der Waals surface area contributed by atoms with Gasteiger partial charge in [-0.3, -0.25) is 4.79 Å². The minimum absolute atomic E-state index is 0.0547. The van der Waals surface area contributed by atoms with Crippen LogP contribution in [0.3, 0.4) is 0 Å². The summed E-state index contributed by atoms with van der Waals surface area (Å²) in [6.07, 6.45) is 6.64. The van der Waals surface area contributed by atoms with Crippen LogP contribution >= 0.6 is 0 Å². The zero-order chi connectivity index (χ0) is 9.52. The number of carbonyl (C=O) groups is 1. The Balaban J connectivity index is 2.15. The fourth-order valence-corrected chi connectivity index (χ4v) is 1.32. The van der Waals surface area contributed by atoms with Gasteiger partial charge in [-0.2, -0.15) is 0 Å². The first-order chi connectivity index (χ1) is 6.33. The zero-order valence-corrected chi connectivity index (χ0v) is 7.71. The molecule has 13 heavy (non-hydrogen) atoms. The molecule has 1 rings (SSSR count). The maximum absolute atomic E-state index is 11.3. The summed E-state index contributed by atoms with van der Waals surface area (Å²) in [6.45, 7) is 2.37. The summed E-state index contributed by atoms with van der Waals surface area (Å²) in [4.78, 5) is 11.3. The summed E-state index contributed by atoms with van der Waals surface area (Å²) in [5.41, 5.74) is 0. The first kappa shape index (κ1) is 10.2. The predicted molar refractivity (Wildman–Crippen MR) is 50.3 cm³/mol. The Bertz CT molecular complexity index is 201. The fraction of sp³-hybridized carbons (Fsp3) is 0.700. The van der Waals surface area contributed by atoms with Crippen LogP contribution in [0, 0.1) is 12.3 Å². The smallest absolute Gasteiger partial charge is 0.136 e. The summed E-state index contributed by atoms with van der Waals surface area (Å²) in [5, 5.41) is 3.18. The predicted octanol–water partition coefficient (Wildman–Crippen LogP) is 0.347. The van der Waals surface area contributed by atoms with Gasteiger partial charge in [0.15, 0.2) is 0 Å². The maximum Gasteiger partial charge on any atom is 0.136 e. The molecule has 0 aliphatic carbocycles. The molecule has 0 amide bonds. The summed E-state index contributed by atoms with van der Waals surface area (Å²) in [6, 6.07) is 0. The quantitative estimate of drug-likeness (QED) is 0.636. The van der Waals surface area contributed by atoms with E-state index in [1.807, 2.05) is 0 Å². The third-order valence-electron chi connectivity index (χ3n) is 2.01. The van der Waals surface area contributed by atoms with E-state index >= 15 is 0 Å². The van der Waals surface area contributed by atoms with E-state index in [0.29, 0.717) is 25.9 Å². The number of morpholine rings is 1. The Morgan fingerprint density at radius 2 is 2.54 bits per heavy atom. The molecule has 0 aromatic rings. The van der Waals surface area contributed by atoms with Crippen molar-refractivity contribution in [1.82, 2.24) is 5.32 Å². The molecule has 72 valence electrons. The van der Waals surface area contributed by atoms with Crippen LogP contribution in [0.4, 0.5) is 0 Å². The molecule has 1 N–H and O–H groups in total. The molecule has 1 saturated heterocycles. The van der Waals surface area contributed by atoms with E-state index in [9.17, 15) is 4.79 Å². The van der Waals surface area contributed by atoms with Crippen LogP contribution in [0.2, 0.25) is 0 Å². The molecule has 1 fully saturated rings. The minimum atomic E-state index is 0.0547. The Kier molecular flexibility index (Phi) is 4.52. The normalized spacial score (nSPS) is 22.2. The standard InChI is InChI=1S/C10H15NO2/c1-2-3-4-9(12)7-10-8-11-5-6-13-10/h1,10-11H,3-8H2. The maximum atomic E-state index is 11.3. The number of ketones is 1. The van der Waals surface area contributed by atoms with Gasteiger partial charge in [-0.25, -0.2) is 0 Å². The van der Waals surface area contributed by atoms with Crippen LogP contribution < -0.4 is 5.32 Å². The summed E-state index contributed by atoms with van der Waals surface area (Å²) in [7, 11) is 0. The lowest BCUT2D eigenvalue weighted by Gasteiger charge is -2.22. The molecule has 0 aromatic carbocycles. The van der Waals surface area contributed by atoms with E-state index in [1.165, 1.54) is 0 Å². The van der Waals surface area contributed by atoms with Crippen molar-refractivity contribution in [2.45, 2.75) is 25.4 Å². The molecule has 3 nitrogen and oxygen atoms in total. The highest BCUT2D eigenvalue weighted by molar-refractivity contribution is 5.79. The second-order valence-corrected chi connectivity index (χ2v) is 3.14. The highest BCUT2D eigenvalue weighted by Crippen LogP contribution is 2.04. The lowest BCUT2D eigenvalue weighted by Crippen LogP contribution is -2.39. The SMILES string of the molecule is C#CCCC(=O)CC1CNCCO1. The molecule has 0 radical (unpaired) electrons. The zero-order valence-electron chi connectivity index (χ0n) is 7.71. The van der Waals surface area contributed by atoms with Crippen molar-refractivity contribution >= 4 is 5.78 Å². The van der Waals surface area contributed by atoms with E-state index in [2.05, 4.69) is 11.2 Å². The van der Waals surface area contributed by atoms with Gasteiger partial charge in [0.25, 0.3) is 0 Å². The van der Waals surface area contributed by atoms with Crippen molar-refractivity contribution in [3.05, 3.63) is 0 Å². The van der Waals surface area contributed by atoms with Gasteiger partial charge in [0.05, 0.1) is 12.7 Å². The Hall–Kier alpha value is -0.850. The van der Waals surface area contributed by atoms with Gasteiger partial charge in [-0.1, -0.05) is 0 Å². The molecule has 1 aliphatic rings. The minimum Gasteiger partial charge on any atom is -0.375 e. The molecule has 0 bridgehead atoms. The van der Waals surface area contributed by atoms with E-state index in [0.717, 1.165) is 13.1 Å². The van der Waals surface area contributed by atoms with Crippen molar-refractivity contribution in [2.24, 2.45) is 0 Å². The van der Waals surface area contributed by atoms with Gasteiger partial charge in [0.2, 0.25) is 0 Å². The molecule has 1 aliphatic heterocycles. The van der Waals surface area contributed by atoms with Gasteiger partial charge in [-0.05, 0) is 0 Å². The number of hydrogen-bond acceptors (Lipinski definition) is 3. The number of terminal acetylenes is 1. The molecular weight excluding hydrogens is 166 g/mol. The summed E-state index contributed by atoms with van der Waals surface area (Å²) < 4.78 is 5.39. The molecular formula is C10H15NO2. The largest absolute Gasteiger partial charge is 0.375 e. The fourth-order valence-electron chi connectivity index (χ4n) is 1.32. The third kappa shape index (κ3) is 4.07. The van der Waals surface area contributed by atoms with Gasteiger partial charge < -0.3 is 10.1 Å². The molecule has 3 heteroatoms. The molecule has 0 saturated carbocycles. The van der Waals surface area contributed by atoms with Crippen molar-refractivity contribution < 1.29 is 9.53 Å². The monoisotopic (exact) mass is 181 g/mol. The Morgan fingerprint density at radius 3 is 3.15 bits per heavy atom. The van der Waals surface area contributed by atoms with E-state index in [1.54, 1.807) is 0 Å². The van der Waals surface area contributed by atoms with Crippen molar-refractivity contribution in [3.63, 3.8) is 0 Å². The lowest BCUT2D eigenvalue weighted by atomic mass is 10.1. The second kappa shape index (κ2) is 5.74. The second-order valence-electron chi connectivity index (χ2n) is 3.14. The molecule has 1 atom stereocenters. The number of nitrogens with one attached hydrogen (secondary N) is 1. The third-order valence-corrected chi connectivity index (χ3v) is 2.01. The first-order valence-electron chi connectivity index (χ1n) is 4.60. The van der Waals surface area contributed by atoms with Crippen molar-refractivity contribution in [1.29, 1.82) is 0 Å². The average Bonchev–Trinajstić information content (AvgIpc) is 2.16. The van der Waals surface area contributed by atoms with E-state index in [-0.39, 0.29) is 11.9 Å². The number of ether oxygens (including phenoxy) is 1. The Labute approximate surface area is 78.8 Å². The highest BCUT2D eigenvalue weighted by atomic mass is 16.5. The van der Waals surface area contributed by atoms with Gasteiger partial charge in [-0.15, -0.1) is 12.3 Å². The summed E-state index contributed by atoms with van der Waals surface area (Å²) >= 11 is 0. The van der Waals surface area contributed by atoms with Gasteiger partial charge in [0.1, 0.15) is 5.78 Å². The van der Waals surface area contributed by atoms with Crippen LogP contribution in [-0.2, 0) is 9.53 Å². The van der Waals surface area contributed by atoms with Gasteiger partial charge in [0, 0.05) is 32.4 Å². The molecule has 0 spiro atoms. The van der Waals surface area contributed by atoms with E-state index in [4.69, 9.17) is 11.2 Å². The van der Waals surface area contributed by atoms with Crippen molar-refractivity contribution in [2.75, 3.05) is 19.7 Å². The lowest BCUT2D eigenvalue weighted by molar-refractivity contribution is -0.122. The average molecular weight is 181 g/mol. The molecule has 1 unspecified atom stereocenters. The number of hydrogen-bond donors (Lipinski definition) is 1. The number of carbonyl (C=O) groups excluding carboxylic acids is 1. The Morgan fingerprint density at radius 1 is 1.69 bits per heavy atom. The highest BCUT2D eigenvalue weighted by Gasteiger charge is 2.16. The molecule has 1 heterocycles.